The number of hydrogen-bond donors (Lipinski definition) is 2. The number of para-hydroxylation sites is 1. The lowest BCUT2D eigenvalue weighted by molar-refractivity contribution is -0.123. The first-order chi connectivity index (χ1) is 8.34. The van der Waals surface area contributed by atoms with Crippen LogP contribution >= 0.6 is 12.4 Å². The summed E-state index contributed by atoms with van der Waals surface area (Å²) in [4.78, 5) is 11.6. The van der Waals surface area contributed by atoms with Crippen molar-refractivity contribution >= 4 is 18.3 Å². The molecule has 1 aliphatic heterocycles. The Balaban J connectivity index is 0.00000162. The molecular formula is C13H19ClN2O2. The van der Waals surface area contributed by atoms with Crippen molar-refractivity contribution in [2.24, 2.45) is 0 Å². The molecule has 0 aliphatic carbocycles. The lowest BCUT2D eigenvalue weighted by atomic mass is 10.1. The van der Waals surface area contributed by atoms with Gasteiger partial charge in [0.25, 0.3) is 5.91 Å². The van der Waals surface area contributed by atoms with Crippen LogP contribution in [0.15, 0.2) is 30.3 Å². The fraction of sp³-hybridized carbons (Fsp3) is 0.462. The molecule has 1 heterocycles. The van der Waals surface area contributed by atoms with Crippen LogP contribution in [0.1, 0.15) is 12.8 Å². The third kappa shape index (κ3) is 4.94. The molecule has 1 atom stereocenters. The predicted molar refractivity (Wildman–Crippen MR) is 73.2 cm³/mol. The molecule has 18 heavy (non-hydrogen) atoms. The van der Waals surface area contributed by atoms with E-state index >= 15 is 0 Å². The van der Waals surface area contributed by atoms with Crippen LogP contribution in [0.3, 0.4) is 0 Å². The average Bonchev–Trinajstić information content (AvgIpc) is 2.39. The molecule has 1 aliphatic rings. The summed E-state index contributed by atoms with van der Waals surface area (Å²) in [6.07, 6.45) is 2.16. The molecule has 100 valence electrons. The molecule has 2 rings (SSSR count). The van der Waals surface area contributed by atoms with E-state index in [0.717, 1.165) is 31.7 Å². The van der Waals surface area contributed by atoms with Gasteiger partial charge in [0.2, 0.25) is 0 Å². The number of carbonyl (C=O) groups excluding carboxylic acids is 1. The van der Waals surface area contributed by atoms with Crippen molar-refractivity contribution in [2.45, 2.75) is 18.9 Å². The Morgan fingerprint density at radius 3 is 2.83 bits per heavy atom. The van der Waals surface area contributed by atoms with E-state index in [1.165, 1.54) is 0 Å². The number of piperidine rings is 1. The Labute approximate surface area is 114 Å². The lowest BCUT2D eigenvalue weighted by Gasteiger charge is -2.23. The Bertz CT molecular complexity index is 353. The van der Waals surface area contributed by atoms with Gasteiger partial charge in [0, 0.05) is 12.6 Å². The number of rotatable bonds is 4. The minimum absolute atomic E-state index is 0. The van der Waals surface area contributed by atoms with Crippen molar-refractivity contribution in [3.05, 3.63) is 30.3 Å². The minimum atomic E-state index is -0.0532. The van der Waals surface area contributed by atoms with Gasteiger partial charge in [-0.15, -0.1) is 12.4 Å². The van der Waals surface area contributed by atoms with Crippen LogP contribution in [-0.4, -0.2) is 31.6 Å². The van der Waals surface area contributed by atoms with Gasteiger partial charge in [-0.3, -0.25) is 4.79 Å². The summed E-state index contributed by atoms with van der Waals surface area (Å²) in [6, 6.07) is 9.62. The number of nitrogens with one attached hydrogen (secondary N) is 2. The number of benzene rings is 1. The van der Waals surface area contributed by atoms with E-state index in [0.29, 0.717) is 0 Å². The Hall–Kier alpha value is -1.26. The summed E-state index contributed by atoms with van der Waals surface area (Å²) in [7, 11) is 0. The van der Waals surface area contributed by atoms with Crippen molar-refractivity contribution in [2.75, 3.05) is 19.7 Å². The van der Waals surface area contributed by atoms with E-state index in [2.05, 4.69) is 10.6 Å². The third-order valence-corrected chi connectivity index (χ3v) is 2.78. The second-order valence-corrected chi connectivity index (χ2v) is 4.21. The highest BCUT2D eigenvalue weighted by atomic mass is 35.5. The number of ether oxygens (including phenoxy) is 1. The highest BCUT2D eigenvalue weighted by molar-refractivity contribution is 5.85. The summed E-state index contributed by atoms with van der Waals surface area (Å²) < 4.78 is 5.38. The molecule has 0 bridgehead atoms. The smallest absolute Gasteiger partial charge is 0.258 e. The van der Waals surface area contributed by atoms with Crippen LogP contribution in [0.25, 0.3) is 0 Å². The highest BCUT2D eigenvalue weighted by Gasteiger charge is 2.15. The van der Waals surface area contributed by atoms with Crippen molar-refractivity contribution < 1.29 is 9.53 Å². The van der Waals surface area contributed by atoms with Crippen LogP contribution in [0, 0.1) is 0 Å². The number of hydrogen-bond acceptors (Lipinski definition) is 3. The number of halogens is 1. The summed E-state index contributed by atoms with van der Waals surface area (Å²) in [5, 5.41) is 6.22. The molecule has 5 heteroatoms. The van der Waals surface area contributed by atoms with Gasteiger partial charge in [-0.05, 0) is 31.5 Å². The molecule has 0 saturated carbocycles. The SMILES string of the molecule is Cl.O=C(COc1ccccc1)N[C@H]1CCCNC1. The van der Waals surface area contributed by atoms with Gasteiger partial charge in [-0.25, -0.2) is 0 Å². The molecule has 0 aromatic heterocycles. The van der Waals surface area contributed by atoms with Gasteiger partial charge >= 0.3 is 0 Å². The van der Waals surface area contributed by atoms with E-state index in [4.69, 9.17) is 4.74 Å². The maximum Gasteiger partial charge on any atom is 0.258 e. The van der Waals surface area contributed by atoms with Crippen molar-refractivity contribution in [1.82, 2.24) is 10.6 Å². The maximum atomic E-state index is 11.6. The van der Waals surface area contributed by atoms with E-state index in [1.807, 2.05) is 30.3 Å². The first-order valence-electron chi connectivity index (χ1n) is 6.02. The van der Waals surface area contributed by atoms with Gasteiger partial charge < -0.3 is 15.4 Å². The summed E-state index contributed by atoms with van der Waals surface area (Å²) in [5.41, 5.74) is 0. The van der Waals surface area contributed by atoms with Crippen LogP contribution in [0.4, 0.5) is 0 Å². The fourth-order valence-corrected chi connectivity index (χ4v) is 1.91. The largest absolute Gasteiger partial charge is 0.484 e. The summed E-state index contributed by atoms with van der Waals surface area (Å²) in [5.74, 6) is 0.673. The first kappa shape index (κ1) is 14.8. The Morgan fingerprint density at radius 1 is 1.39 bits per heavy atom. The zero-order chi connectivity index (χ0) is 11.9. The first-order valence-corrected chi connectivity index (χ1v) is 6.02. The number of amides is 1. The Kier molecular flexibility index (Phi) is 6.54. The van der Waals surface area contributed by atoms with Gasteiger partial charge in [-0.2, -0.15) is 0 Å². The normalized spacial score (nSPS) is 18.6. The molecule has 0 radical (unpaired) electrons. The summed E-state index contributed by atoms with van der Waals surface area (Å²) in [6.45, 7) is 1.99. The molecule has 0 unspecified atom stereocenters. The maximum absolute atomic E-state index is 11.6. The zero-order valence-electron chi connectivity index (χ0n) is 10.2. The minimum Gasteiger partial charge on any atom is -0.484 e. The quantitative estimate of drug-likeness (QED) is 0.869. The third-order valence-electron chi connectivity index (χ3n) is 2.78. The molecule has 1 aromatic carbocycles. The monoisotopic (exact) mass is 270 g/mol. The van der Waals surface area contributed by atoms with Crippen LogP contribution < -0.4 is 15.4 Å². The van der Waals surface area contributed by atoms with E-state index < -0.39 is 0 Å². The fourth-order valence-electron chi connectivity index (χ4n) is 1.91. The van der Waals surface area contributed by atoms with E-state index in [9.17, 15) is 4.79 Å². The summed E-state index contributed by atoms with van der Waals surface area (Å²) >= 11 is 0. The molecule has 1 fully saturated rings. The number of carbonyl (C=O) groups is 1. The zero-order valence-corrected chi connectivity index (χ0v) is 11.0. The Morgan fingerprint density at radius 2 is 2.17 bits per heavy atom. The molecule has 4 nitrogen and oxygen atoms in total. The van der Waals surface area contributed by atoms with Crippen molar-refractivity contribution in [3.63, 3.8) is 0 Å². The van der Waals surface area contributed by atoms with Gasteiger partial charge in [-0.1, -0.05) is 18.2 Å². The molecule has 1 saturated heterocycles. The average molecular weight is 271 g/mol. The highest BCUT2D eigenvalue weighted by Crippen LogP contribution is 2.08. The predicted octanol–water partition coefficient (Wildman–Crippen LogP) is 1.36. The molecule has 0 spiro atoms. The van der Waals surface area contributed by atoms with E-state index in [-0.39, 0.29) is 31.0 Å². The lowest BCUT2D eigenvalue weighted by Crippen LogP contribution is -2.46. The second-order valence-electron chi connectivity index (χ2n) is 4.21. The molecular weight excluding hydrogens is 252 g/mol. The van der Waals surface area contributed by atoms with Crippen molar-refractivity contribution in [1.29, 1.82) is 0 Å². The van der Waals surface area contributed by atoms with Gasteiger partial charge in [0.1, 0.15) is 5.75 Å². The van der Waals surface area contributed by atoms with Crippen LogP contribution in [-0.2, 0) is 4.79 Å². The molecule has 1 amide bonds. The van der Waals surface area contributed by atoms with Gasteiger partial charge in [0.05, 0.1) is 0 Å². The topological polar surface area (TPSA) is 50.4 Å². The van der Waals surface area contributed by atoms with E-state index in [1.54, 1.807) is 0 Å². The molecule has 1 aromatic rings. The van der Waals surface area contributed by atoms with Crippen LogP contribution in [0.5, 0.6) is 5.75 Å². The second kappa shape index (κ2) is 7.95. The standard InChI is InChI=1S/C13H18N2O2.ClH/c16-13(15-11-5-4-8-14-9-11)10-17-12-6-2-1-3-7-12;/h1-3,6-7,11,14H,4-5,8-10H2,(H,15,16);1H/t11-;/m0./s1. The van der Waals surface area contributed by atoms with Crippen molar-refractivity contribution in [3.8, 4) is 5.75 Å². The molecule has 2 N–H and O–H groups in total. The van der Waals surface area contributed by atoms with Crippen LogP contribution in [0.2, 0.25) is 0 Å². The van der Waals surface area contributed by atoms with Gasteiger partial charge in [0.15, 0.2) is 6.61 Å².